The lowest BCUT2D eigenvalue weighted by Crippen LogP contribution is -2.53. The third kappa shape index (κ3) is 13.2. The van der Waals surface area contributed by atoms with Crippen molar-refractivity contribution in [2.24, 2.45) is 0 Å². The monoisotopic (exact) mass is 566 g/mol. The summed E-state index contributed by atoms with van der Waals surface area (Å²) < 4.78 is 5.74. The second-order valence-corrected chi connectivity index (χ2v) is 10.0. The van der Waals surface area contributed by atoms with Crippen LogP contribution in [-0.4, -0.2) is 149 Å². The first-order valence-corrected chi connectivity index (χ1v) is 13.6. The zero-order valence-electron chi connectivity index (χ0n) is 23.1. The predicted molar refractivity (Wildman–Crippen MR) is 146 cm³/mol. The molecule has 0 aromatic heterocycles. The van der Waals surface area contributed by atoms with Crippen molar-refractivity contribution in [3.8, 4) is 5.75 Å². The molecule has 13 nitrogen and oxygen atoms in total. The molecule has 40 heavy (non-hydrogen) atoms. The number of benzene rings is 1. The Balaban J connectivity index is 2.35. The van der Waals surface area contributed by atoms with Gasteiger partial charge >= 0.3 is 23.9 Å². The molecule has 0 spiro atoms. The van der Waals surface area contributed by atoms with Crippen LogP contribution >= 0.6 is 0 Å². The molecule has 2 rings (SSSR count). The molecule has 1 aromatic carbocycles. The number of carboxylic acid groups (broad SMARTS) is 4. The Hall–Kier alpha value is -3.26. The normalized spacial score (nSPS) is 18.9. The summed E-state index contributed by atoms with van der Waals surface area (Å²) in [6, 6.07) is 7.12. The van der Waals surface area contributed by atoms with Gasteiger partial charge in [-0.15, -0.1) is 0 Å². The summed E-state index contributed by atoms with van der Waals surface area (Å²) in [5.74, 6) is -3.42. The Labute approximate surface area is 234 Å². The minimum atomic E-state index is -1.04. The third-order valence-corrected chi connectivity index (χ3v) is 6.73. The van der Waals surface area contributed by atoms with Gasteiger partial charge < -0.3 is 25.2 Å². The Morgan fingerprint density at radius 2 is 1.20 bits per heavy atom. The van der Waals surface area contributed by atoms with Gasteiger partial charge in [-0.1, -0.05) is 25.5 Å². The summed E-state index contributed by atoms with van der Waals surface area (Å²) in [7, 11) is 0. The molecule has 1 aliphatic rings. The van der Waals surface area contributed by atoms with Gasteiger partial charge in [0.25, 0.3) is 0 Å². The molecule has 1 atom stereocenters. The first-order valence-electron chi connectivity index (χ1n) is 13.6. The molecule has 0 amide bonds. The number of hydrogen-bond donors (Lipinski definition) is 4. The molecule has 13 heteroatoms. The van der Waals surface area contributed by atoms with Gasteiger partial charge in [-0.2, -0.15) is 0 Å². The van der Waals surface area contributed by atoms with E-state index in [9.17, 15) is 39.6 Å². The molecule has 224 valence electrons. The second-order valence-electron chi connectivity index (χ2n) is 10.0. The van der Waals surface area contributed by atoms with E-state index in [0.717, 1.165) is 24.2 Å². The Morgan fingerprint density at radius 3 is 1.70 bits per heavy atom. The van der Waals surface area contributed by atoms with E-state index >= 15 is 0 Å². The smallest absolute Gasteiger partial charge is 0.317 e. The highest BCUT2D eigenvalue weighted by atomic mass is 16.5. The maximum atomic E-state index is 11.8. The van der Waals surface area contributed by atoms with Crippen LogP contribution in [-0.2, 0) is 25.6 Å². The lowest BCUT2D eigenvalue weighted by molar-refractivity contribution is -0.142. The van der Waals surface area contributed by atoms with Crippen molar-refractivity contribution in [2.75, 3.05) is 78.6 Å². The van der Waals surface area contributed by atoms with Crippen molar-refractivity contribution < 1.29 is 44.3 Å². The number of aliphatic carboxylic acids is 4. The predicted octanol–water partition coefficient (Wildman–Crippen LogP) is 0.337. The van der Waals surface area contributed by atoms with Gasteiger partial charge in [-0.3, -0.25) is 38.8 Å². The molecule has 0 saturated carbocycles. The summed E-state index contributed by atoms with van der Waals surface area (Å²) >= 11 is 0. The van der Waals surface area contributed by atoms with Crippen LogP contribution in [0, 0.1) is 0 Å². The summed E-state index contributed by atoms with van der Waals surface area (Å²) in [6.07, 6.45) is 2.39. The molecular weight excluding hydrogens is 524 g/mol. The molecule has 1 aromatic rings. The maximum absolute atomic E-state index is 11.8. The number of ether oxygens (including phenoxy) is 1. The van der Waals surface area contributed by atoms with Crippen molar-refractivity contribution in [3.05, 3.63) is 29.8 Å². The van der Waals surface area contributed by atoms with Gasteiger partial charge in [0.2, 0.25) is 0 Å². The molecule has 1 fully saturated rings. The minimum absolute atomic E-state index is 0.230. The standard InChI is InChI=1S/C27H42N4O9/c1-2-3-14-40-23-6-4-21(5-7-23)15-22-16-30(19-26(36)37)11-10-28(17-24(32)33)8-9-29(18-25(34)35)12-13-31(22)20-27(38)39/h4-7,22H,2-3,8-20H2,1H3,(H,32,33)(H,34,35)(H,36,37)(H,38,39)/t22-/m1/s1. The van der Waals surface area contributed by atoms with E-state index < -0.39 is 29.9 Å². The quantitative estimate of drug-likeness (QED) is 0.227. The van der Waals surface area contributed by atoms with Gasteiger partial charge in [0.15, 0.2) is 0 Å². The topological polar surface area (TPSA) is 171 Å². The SMILES string of the molecule is CCCCOc1ccc(C[C@@H]2CN(CC(=O)O)CCN(CC(=O)O)CCN(CC(=O)O)CCN2CC(=O)O)cc1. The molecule has 1 heterocycles. The Bertz CT molecular complexity index is 960. The lowest BCUT2D eigenvalue weighted by Gasteiger charge is -2.37. The average molecular weight is 567 g/mol. The summed E-state index contributed by atoms with van der Waals surface area (Å²) in [5, 5.41) is 38.0. The fourth-order valence-corrected chi connectivity index (χ4v) is 4.68. The number of hydrogen-bond acceptors (Lipinski definition) is 9. The van der Waals surface area contributed by atoms with Crippen molar-refractivity contribution >= 4 is 23.9 Å². The molecule has 0 bridgehead atoms. The van der Waals surface area contributed by atoms with Gasteiger partial charge in [-0.25, -0.2) is 0 Å². The van der Waals surface area contributed by atoms with Crippen LogP contribution in [0.2, 0.25) is 0 Å². The summed E-state index contributed by atoms with van der Waals surface area (Å²) in [4.78, 5) is 53.2. The van der Waals surface area contributed by atoms with Crippen molar-refractivity contribution in [1.29, 1.82) is 0 Å². The molecule has 0 aliphatic carbocycles. The van der Waals surface area contributed by atoms with Crippen molar-refractivity contribution in [2.45, 2.75) is 32.2 Å². The third-order valence-electron chi connectivity index (χ3n) is 6.73. The van der Waals surface area contributed by atoms with Crippen LogP contribution < -0.4 is 4.74 Å². The first kappa shape index (κ1) is 32.9. The number of nitrogens with zero attached hydrogens (tertiary/aromatic N) is 4. The highest BCUT2D eigenvalue weighted by Crippen LogP contribution is 2.17. The highest BCUT2D eigenvalue weighted by Gasteiger charge is 2.27. The van der Waals surface area contributed by atoms with E-state index in [1.807, 2.05) is 24.3 Å². The molecule has 0 radical (unpaired) electrons. The van der Waals surface area contributed by atoms with E-state index in [-0.39, 0.29) is 72.0 Å². The Kier molecular flexibility index (Phi) is 14.4. The second kappa shape index (κ2) is 17.4. The highest BCUT2D eigenvalue weighted by molar-refractivity contribution is 5.70. The van der Waals surface area contributed by atoms with Gasteiger partial charge in [0.05, 0.1) is 32.8 Å². The van der Waals surface area contributed by atoms with Crippen molar-refractivity contribution in [1.82, 2.24) is 19.6 Å². The number of unbranched alkanes of at least 4 members (excludes halogenated alkanes) is 1. The van der Waals surface area contributed by atoms with Gasteiger partial charge in [0.1, 0.15) is 5.75 Å². The minimum Gasteiger partial charge on any atom is -0.494 e. The molecule has 1 aliphatic heterocycles. The Morgan fingerprint density at radius 1 is 0.725 bits per heavy atom. The molecule has 0 unspecified atom stereocenters. The maximum Gasteiger partial charge on any atom is 0.317 e. The van der Waals surface area contributed by atoms with E-state index in [1.165, 1.54) is 0 Å². The molecule has 1 saturated heterocycles. The van der Waals surface area contributed by atoms with E-state index in [4.69, 9.17) is 4.74 Å². The molecule has 4 N–H and O–H groups in total. The fourth-order valence-electron chi connectivity index (χ4n) is 4.68. The van der Waals surface area contributed by atoms with E-state index in [2.05, 4.69) is 6.92 Å². The van der Waals surface area contributed by atoms with E-state index in [1.54, 1.807) is 19.6 Å². The van der Waals surface area contributed by atoms with Crippen LogP contribution in [0.5, 0.6) is 5.75 Å². The van der Waals surface area contributed by atoms with Crippen LogP contribution in [0.3, 0.4) is 0 Å². The largest absolute Gasteiger partial charge is 0.494 e. The summed E-state index contributed by atoms with van der Waals surface area (Å²) in [5.41, 5.74) is 0.917. The van der Waals surface area contributed by atoms with Crippen LogP contribution in [0.25, 0.3) is 0 Å². The average Bonchev–Trinajstić information content (AvgIpc) is 2.86. The van der Waals surface area contributed by atoms with Crippen LogP contribution in [0.4, 0.5) is 0 Å². The first-order chi connectivity index (χ1) is 19.0. The van der Waals surface area contributed by atoms with Gasteiger partial charge in [0, 0.05) is 51.9 Å². The summed E-state index contributed by atoms with van der Waals surface area (Å²) in [6.45, 7) is 3.35. The van der Waals surface area contributed by atoms with Crippen molar-refractivity contribution in [3.63, 3.8) is 0 Å². The van der Waals surface area contributed by atoms with E-state index in [0.29, 0.717) is 13.0 Å². The lowest BCUT2D eigenvalue weighted by atomic mass is 10.0. The zero-order chi connectivity index (χ0) is 29.5. The number of rotatable bonds is 14. The zero-order valence-corrected chi connectivity index (χ0v) is 23.1. The molecular formula is C27H42N4O9. The van der Waals surface area contributed by atoms with Crippen LogP contribution in [0.1, 0.15) is 25.3 Å². The van der Waals surface area contributed by atoms with Gasteiger partial charge in [-0.05, 0) is 30.5 Å². The fraction of sp³-hybridized carbons (Fsp3) is 0.630. The van der Waals surface area contributed by atoms with Crippen LogP contribution in [0.15, 0.2) is 24.3 Å². The number of carbonyl (C=O) groups is 4. The number of carboxylic acids is 4.